The molecule has 3 aromatic carbocycles. The number of nitrogens with one attached hydrogen (secondary N) is 2. The van der Waals surface area contributed by atoms with Crippen molar-refractivity contribution in [2.24, 2.45) is 7.05 Å². The molecule has 10 nitrogen and oxygen atoms in total. The maximum absolute atomic E-state index is 15.6. The van der Waals surface area contributed by atoms with Crippen molar-refractivity contribution in [1.82, 2.24) is 19.8 Å². The number of carbonyl (C=O) groups is 2. The van der Waals surface area contributed by atoms with Crippen LogP contribution in [0.15, 0.2) is 42.5 Å². The molecule has 4 aromatic rings. The Morgan fingerprint density at radius 2 is 1.88 bits per heavy atom. The Kier molecular flexibility index (Phi) is 9.23. The summed E-state index contributed by atoms with van der Waals surface area (Å²) < 4.78 is 55.7. The van der Waals surface area contributed by atoms with E-state index in [1.54, 1.807) is 11.6 Å². The van der Waals surface area contributed by atoms with E-state index in [1.165, 1.54) is 13.2 Å². The number of ether oxygens (including phenoxy) is 2. The Morgan fingerprint density at radius 1 is 1.14 bits per heavy atom. The largest absolute Gasteiger partial charge is 0.496 e. The van der Waals surface area contributed by atoms with Gasteiger partial charge in [-0.25, -0.2) is 14.3 Å². The smallest absolute Gasteiger partial charge is 0.323 e. The lowest BCUT2D eigenvalue weighted by Crippen LogP contribution is -2.38. The number of benzene rings is 3. The Balaban J connectivity index is 1.11. The van der Waals surface area contributed by atoms with E-state index >= 15 is 4.39 Å². The molecule has 0 spiro atoms. The Labute approximate surface area is 297 Å². The summed E-state index contributed by atoms with van der Waals surface area (Å²) in [6.07, 6.45) is 2.16. The van der Waals surface area contributed by atoms with E-state index in [1.807, 2.05) is 43.3 Å². The summed E-state index contributed by atoms with van der Waals surface area (Å²) in [6, 6.07) is 13.1. The van der Waals surface area contributed by atoms with Gasteiger partial charge in [-0.1, -0.05) is 41.9 Å². The third kappa shape index (κ3) is 6.31. The van der Waals surface area contributed by atoms with Gasteiger partial charge in [-0.3, -0.25) is 14.9 Å². The van der Waals surface area contributed by atoms with E-state index in [4.69, 9.17) is 21.1 Å². The first-order valence-electron chi connectivity index (χ1n) is 16.7. The number of carbonyl (C=O) groups excluding carboxylic acids is 1. The molecule has 0 saturated heterocycles. The molecule has 7 rings (SSSR count). The number of aliphatic carboxylic acids is 1. The number of carboxylic acid groups (broad SMARTS) is 1. The average molecular weight is 724 g/mol. The van der Waals surface area contributed by atoms with Gasteiger partial charge in [0.2, 0.25) is 0 Å². The van der Waals surface area contributed by atoms with E-state index in [-0.39, 0.29) is 47.5 Å². The van der Waals surface area contributed by atoms with Crippen LogP contribution in [0.25, 0.3) is 11.1 Å². The van der Waals surface area contributed by atoms with Gasteiger partial charge in [0.25, 0.3) is 12.5 Å². The highest BCUT2D eigenvalue weighted by Gasteiger charge is 2.50. The normalized spacial score (nSPS) is 17.6. The van der Waals surface area contributed by atoms with Gasteiger partial charge in [0.15, 0.2) is 11.6 Å². The highest BCUT2D eigenvalue weighted by atomic mass is 35.5. The lowest BCUT2D eigenvalue weighted by molar-refractivity contribution is -0.140. The van der Waals surface area contributed by atoms with Crippen molar-refractivity contribution in [3.05, 3.63) is 92.8 Å². The van der Waals surface area contributed by atoms with Crippen molar-refractivity contribution < 1.29 is 37.3 Å². The highest BCUT2D eigenvalue weighted by Crippen LogP contribution is 2.45. The van der Waals surface area contributed by atoms with Gasteiger partial charge in [0.05, 0.1) is 12.8 Å². The topological polar surface area (TPSA) is 118 Å². The second-order valence-electron chi connectivity index (χ2n) is 13.3. The number of alkyl halides is 2. The number of fused-ring (bicyclic) bond motifs is 2. The monoisotopic (exact) mass is 723 g/mol. The number of carboxylic acids is 1. The predicted octanol–water partition coefficient (Wildman–Crippen LogP) is 6.80. The second-order valence-corrected chi connectivity index (χ2v) is 13.6. The molecule has 1 saturated carbocycles. The number of halogens is 4. The molecule has 2 aliphatic carbocycles. The van der Waals surface area contributed by atoms with E-state index in [2.05, 4.69) is 15.6 Å². The third-order valence-electron chi connectivity index (χ3n) is 10.3. The van der Waals surface area contributed by atoms with Crippen LogP contribution in [0.3, 0.4) is 0 Å². The maximum Gasteiger partial charge on any atom is 0.323 e. The standard InChI is InChI=1S/C37H37ClF3N5O5/c1-19-20(6-5-9-25(19)44-34(47)33-43-26-18-46(36(40)41)15-12-27(26)45(33)2)21-7-4-8-23-22(21)10-11-28(23)51-30-16-29(50-3)24(32(39)31(30)38)17-42-37(13-14-37)35(48)49/h4-9,16,28,36,42H,10-15,17-18H2,1-3H3,(H,44,47)(H,48,49). The highest BCUT2D eigenvalue weighted by molar-refractivity contribution is 6.32. The number of hydrogen-bond acceptors (Lipinski definition) is 7. The van der Waals surface area contributed by atoms with Crippen LogP contribution in [0, 0.1) is 12.7 Å². The van der Waals surface area contributed by atoms with Crippen molar-refractivity contribution in [3.8, 4) is 22.6 Å². The fourth-order valence-corrected chi connectivity index (χ4v) is 7.42. The van der Waals surface area contributed by atoms with Gasteiger partial charge in [-0.2, -0.15) is 8.78 Å². The zero-order valence-electron chi connectivity index (χ0n) is 28.3. The van der Waals surface area contributed by atoms with Crippen LogP contribution in [0.5, 0.6) is 11.5 Å². The molecule has 51 heavy (non-hydrogen) atoms. The number of anilines is 1. The first-order chi connectivity index (χ1) is 24.4. The predicted molar refractivity (Wildman–Crippen MR) is 184 cm³/mol. The van der Waals surface area contributed by atoms with Crippen molar-refractivity contribution in [3.63, 3.8) is 0 Å². The quantitative estimate of drug-likeness (QED) is 0.145. The van der Waals surface area contributed by atoms with Crippen LogP contribution < -0.4 is 20.1 Å². The van der Waals surface area contributed by atoms with Gasteiger partial charge < -0.3 is 24.5 Å². The second kappa shape index (κ2) is 13.5. The summed E-state index contributed by atoms with van der Waals surface area (Å²) in [4.78, 5) is 30.5. The maximum atomic E-state index is 15.6. The number of aromatic nitrogens is 2. The molecule has 14 heteroatoms. The van der Waals surface area contributed by atoms with Gasteiger partial charge in [0, 0.05) is 56.1 Å². The molecule has 1 fully saturated rings. The molecule has 0 bridgehead atoms. The van der Waals surface area contributed by atoms with Crippen LogP contribution in [-0.4, -0.2) is 57.2 Å². The molecule has 1 aromatic heterocycles. The number of rotatable bonds is 11. The van der Waals surface area contributed by atoms with E-state index in [0.29, 0.717) is 43.5 Å². The molecular weight excluding hydrogens is 687 g/mol. The lowest BCUT2D eigenvalue weighted by atomic mass is 9.93. The average Bonchev–Trinajstić information content (AvgIpc) is 3.70. The summed E-state index contributed by atoms with van der Waals surface area (Å²) >= 11 is 6.50. The van der Waals surface area contributed by atoms with Gasteiger partial charge in [-0.15, -0.1) is 0 Å². The number of imidazole rings is 1. The molecule has 268 valence electrons. The fourth-order valence-electron chi connectivity index (χ4n) is 7.20. The van der Waals surface area contributed by atoms with Gasteiger partial charge in [-0.05, 0) is 66.5 Å². The Hall–Kier alpha value is -4.59. The van der Waals surface area contributed by atoms with E-state index in [0.717, 1.165) is 38.4 Å². The molecular formula is C37H37ClF3N5O5. The Bertz CT molecular complexity index is 2050. The summed E-state index contributed by atoms with van der Waals surface area (Å²) in [5.41, 5.74) is 5.61. The van der Waals surface area contributed by atoms with E-state index < -0.39 is 35.9 Å². The van der Waals surface area contributed by atoms with Crippen LogP contribution in [-0.2, 0) is 37.8 Å². The summed E-state index contributed by atoms with van der Waals surface area (Å²) in [7, 11) is 3.13. The SMILES string of the molecule is COc1cc(OC2CCc3c(-c4cccc(NC(=O)c5nc6c(n5C)CCN(C(F)F)C6)c4C)cccc32)c(Cl)c(F)c1CNC1(C(=O)O)CC1. The first-order valence-corrected chi connectivity index (χ1v) is 17.1. The Morgan fingerprint density at radius 3 is 2.59 bits per heavy atom. The van der Waals surface area contributed by atoms with Gasteiger partial charge in [0.1, 0.15) is 28.2 Å². The zero-order valence-corrected chi connectivity index (χ0v) is 29.0. The molecule has 1 amide bonds. The lowest BCUT2D eigenvalue weighted by Gasteiger charge is -2.25. The van der Waals surface area contributed by atoms with Crippen molar-refractivity contribution in [2.45, 2.75) is 70.3 Å². The third-order valence-corrected chi connectivity index (χ3v) is 10.7. The summed E-state index contributed by atoms with van der Waals surface area (Å²) in [5.74, 6) is -1.67. The molecule has 1 unspecified atom stereocenters. The molecule has 0 radical (unpaired) electrons. The molecule has 1 aliphatic heterocycles. The van der Waals surface area contributed by atoms with Crippen molar-refractivity contribution >= 4 is 29.2 Å². The number of methoxy groups -OCH3 is 1. The minimum Gasteiger partial charge on any atom is -0.496 e. The minimum atomic E-state index is -2.59. The molecule has 1 atom stereocenters. The van der Waals surface area contributed by atoms with E-state index in [9.17, 15) is 23.5 Å². The van der Waals surface area contributed by atoms with Crippen LogP contribution in [0.2, 0.25) is 5.02 Å². The number of amides is 1. The van der Waals surface area contributed by atoms with Crippen molar-refractivity contribution in [1.29, 1.82) is 0 Å². The summed E-state index contributed by atoms with van der Waals surface area (Å²) in [5, 5.41) is 15.2. The van der Waals surface area contributed by atoms with Crippen LogP contribution in [0.1, 0.15) is 69.6 Å². The van der Waals surface area contributed by atoms with Crippen LogP contribution >= 0.6 is 11.6 Å². The minimum absolute atomic E-state index is 0.0148. The summed E-state index contributed by atoms with van der Waals surface area (Å²) in [6.45, 7) is -0.558. The molecule has 2 heterocycles. The van der Waals surface area contributed by atoms with Gasteiger partial charge >= 0.3 is 5.97 Å². The zero-order chi connectivity index (χ0) is 36.2. The molecule has 3 N–H and O–H groups in total. The first kappa shape index (κ1) is 34.8. The number of nitrogens with zero attached hydrogens (tertiary/aromatic N) is 3. The molecule has 3 aliphatic rings. The number of hydrogen-bond donors (Lipinski definition) is 3. The van der Waals surface area contributed by atoms with Crippen LogP contribution in [0.4, 0.5) is 18.9 Å². The van der Waals surface area contributed by atoms with Crippen molar-refractivity contribution in [2.75, 3.05) is 19.0 Å². The fraction of sp³-hybridized carbons (Fsp3) is 0.378.